The quantitative estimate of drug-likeness (QED) is 0.795. The fourth-order valence-electron chi connectivity index (χ4n) is 2.17. The summed E-state index contributed by atoms with van der Waals surface area (Å²) in [5.41, 5.74) is 1.73. The molecule has 0 saturated carbocycles. The van der Waals surface area contributed by atoms with Crippen LogP contribution in [0.2, 0.25) is 0 Å². The molecule has 0 amide bonds. The molecule has 0 N–H and O–H groups in total. The van der Waals surface area contributed by atoms with Gasteiger partial charge in [-0.3, -0.25) is 4.79 Å². The van der Waals surface area contributed by atoms with Crippen LogP contribution in [0.3, 0.4) is 0 Å². The Balaban J connectivity index is 2.40. The molecule has 1 unspecified atom stereocenters. The molecule has 116 valence electrons. The van der Waals surface area contributed by atoms with Gasteiger partial charge in [-0.05, 0) is 24.6 Å². The molecule has 0 aromatic heterocycles. The van der Waals surface area contributed by atoms with E-state index in [1.54, 1.807) is 24.3 Å². The number of benzene rings is 2. The molecule has 2 aromatic rings. The van der Waals surface area contributed by atoms with Crippen LogP contribution >= 0.6 is 0 Å². The largest absolute Gasteiger partial charge is 0.468 e. The van der Waals surface area contributed by atoms with Gasteiger partial charge in [-0.1, -0.05) is 48.0 Å². The van der Waals surface area contributed by atoms with Crippen molar-refractivity contribution in [2.24, 2.45) is 0 Å². The predicted octanol–water partition coefficient (Wildman–Crippen LogP) is 2.55. The number of rotatable bonds is 5. The van der Waals surface area contributed by atoms with Crippen LogP contribution in [-0.4, -0.2) is 26.7 Å². The standard InChI is InChI=1S/C17H18O4S/c1-13-8-10-15(11-9-13)22(19,20)16(17(18)21-2)12-14-6-4-3-5-7-14/h3-11,16H,12H2,1-2H3. The van der Waals surface area contributed by atoms with Gasteiger partial charge in [0.15, 0.2) is 15.1 Å². The summed E-state index contributed by atoms with van der Waals surface area (Å²) < 4.78 is 30.2. The Bertz CT molecular complexity index is 734. The fourth-order valence-corrected chi connectivity index (χ4v) is 3.78. The van der Waals surface area contributed by atoms with Crippen molar-refractivity contribution in [3.05, 3.63) is 65.7 Å². The first-order valence-electron chi connectivity index (χ1n) is 6.87. The van der Waals surface area contributed by atoms with Crippen molar-refractivity contribution in [3.63, 3.8) is 0 Å². The minimum atomic E-state index is -3.80. The third kappa shape index (κ3) is 3.54. The lowest BCUT2D eigenvalue weighted by atomic mass is 10.1. The van der Waals surface area contributed by atoms with E-state index in [0.717, 1.165) is 11.1 Å². The van der Waals surface area contributed by atoms with Crippen molar-refractivity contribution in [2.45, 2.75) is 23.5 Å². The highest BCUT2D eigenvalue weighted by molar-refractivity contribution is 7.92. The number of methoxy groups -OCH3 is 1. The summed E-state index contributed by atoms with van der Waals surface area (Å²) in [6.07, 6.45) is 0.0870. The summed E-state index contributed by atoms with van der Waals surface area (Å²) >= 11 is 0. The lowest BCUT2D eigenvalue weighted by Gasteiger charge is -2.16. The number of sulfone groups is 1. The highest BCUT2D eigenvalue weighted by Crippen LogP contribution is 2.21. The Hall–Kier alpha value is -2.14. The zero-order valence-electron chi connectivity index (χ0n) is 12.5. The predicted molar refractivity (Wildman–Crippen MR) is 84.3 cm³/mol. The Morgan fingerprint density at radius 2 is 1.64 bits per heavy atom. The van der Waals surface area contributed by atoms with Gasteiger partial charge in [0.2, 0.25) is 0 Å². The second kappa shape index (κ2) is 6.75. The summed E-state index contributed by atoms with van der Waals surface area (Å²) in [4.78, 5) is 12.1. The molecule has 4 nitrogen and oxygen atoms in total. The minimum absolute atomic E-state index is 0.0870. The first-order chi connectivity index (χ1) is 10.4. The van der Waals surface area contributed by atoms with Gasteiger partial charge in [0.05, 0.1) is 12.0 Å². The molecule has 0 bridgehead atoms. The van der Waals surface area contributed by atoms with Gasteiger partial charge in [-0.2, -0.15) is 0 Å². The van der Waals surface area contributed by atoms with Crippen LogP contribution in [0.5, 0.6) is 0 Å². The third-order valence-electron chi connectivity index (χ3n) is 3.45. The highest BCUT2D eigenvalue weighted by Gasteiger charge is 2.35. The van der Waals surface area contributed by atoms with E-state index in [1.165, 1.54) is 19.2 Å². The number of carbonyl (C=O) groups is 1. The fraction of sp³-hybridized carbons (Fsp3) is 0.235. The van der Waals surface area contributed by atoms with E-state index in [0.29, 0.717) is 0 Å². The van der Waals surface area contributed by atoms with Gasteiger partial charge >= 0.3 is 5.97 Å². The van der Waals surface area contributed by atoms with Crippen molar-refractivity contribution < 1.29 is 17.9 Å². The summed E-state index contributed by atoms with van der Waals surface area (Å²) in [6.45, 7) is 1.87. The number of hydrogen-bond acceptors (Lipinski definition) is 4. The summed E-state index contributed by atoms with van der Waals surface area (Å²) in [7, 11) is -2.60. The normalized spacial score (nSPS) is 12.6. The zero-order valence-corrected chi connectivity index (χ0v) is 13.3. The molecular weight excluding hydrogens is 300 g/mol. The molecule has 0 aliphatic rings. The van der Waals surface area contributed by atoms with E-state index in [4.69, 9.17) is 4.74 Å². The van der Waals surface area contributed by atoms with Gasteiger partial charge in [0.1, 0.15) is 0 Å². The average molecular weight is 318 g/mol. The second-order valence-corrected chi connectivity index (χ2v) is 7.19. The van der Waals surface area contributed by atoms with E-state index < -0.39 is 21.1 Å². The maximum Gasteiger partial charge on any atom is 0.324 e. The van der Waals surface area contributed by atoms with Crippen LogP contribution in [0, 0.1) is 6.92 Å². The number of esters is 1. The van der Waals surface area contributed by atoms with Crippen LogP contribution in [0.15, 0.2) is 59.5 Å². The highest BCUT2D eigenvalue weighted by atomic mass is 32.2. The molecule has 0 saturated heterocycles. The van der Waals surface area contributed by atoms with Crippen molar-refractivity contribution >= 4 is 15.8 Å². The molecule has 1 atom stereocenters. The Morgan fingerprint density at radius 3 is 2.18 bits per heavy atom. The molecule has 0 aliphatic heterocycles. The molecule has 5 heteroatoms. The van der Waals surface area contributed by atoms with Crippen LogP contribution in [0.1, 0.15) is 11.1 Å². The van der Waals surface area contributed by atoms with E-state index in [2.05, 4.69) is 0 Å². The molecule has 2 aromatic carbocycles. The van der Waals surface area contributed by atoms with Crippen molar-refractivity contribution in [1.29, 1.82) is 0 Å². The van der Waals surface area contributed by atoms with Gasteiger partial charge in [0, 0.05) is 6.42 Å². The van der Waals surface area contributed by atoms with Gasteiger partial charge in [-0.25, -0.2) is 8.42 Å². The van der Waals surface area contributed by atoms with E-state index in [1.807, 2.05) is 25.1 Å². The SMILES string of the molecule is COC(=O)C(Cc1ccccc1)S(=O)(=O)c1ccc(C)cc1. The van der Waals surface area contributed by atoms with Gasteiger partial charge < -0.3 is 4.74 Å². The van der Waals surface area contributed by atoms with Gasteiger partial charge in [0.25, 0.3) is 0 Å². The molecule has 0 spiro atoms. The summed E-state index contributed by atoms with van der Waals surface area (Å²) in [5, 5.41) is -1.25. The number of ether oxygens (including phenoxy) is 1. The minimum Gasteiger partial charge on any atom is -0.468 e. The number of hydrogen-bond donors (Lipinski definition) is 0. The van der Waals surface area contributed by atoms with Gasteiger partial charge in [-0.15, -0.1) is 0 Å². The molecule has 0 radical (unpaired) electrons. The van der Waals surface area contributed by atoms with E-state index in [9.17, 15) is 13.2 Å². The van der Waals surface area contributed by atoms with Crippen molar-refractivity contribution in [2.75, 3.05) is 7.11 Å². The number of carbonyl (C=O) groups excluding carboxylic acids is 1. The first-order valence-corrected chi connectivity index (χ1v) is 8.42. The molecule has 2 rings (SSSR count). The molecule has 22 heavy (non-hydrogen) atoms. The topological polar surface area (TPSA) is 60.4 Å². The third-order valence-corrected chi connectivity index (χ3v) is 5.49. The van der Waals surface area contributed by atoms with Crippen LogP contribution < -0.4 is 0 Å². The van der Waals surface area contributed by atoms with Crippen LogP contribution in [0.25, 0.3) is 0 Å². The monoisotopic (exact) mass is 318 g/mol. The summed E-state index contributed by atoms with van der Waals surface area (Å²) in [5.74, 6) is -0.746. The van der Waals surface area contributed by atoms with Crippen molar-refractivity contribution in [3.8, 4) is 0 Å². The smallest absolute Gasteiger partial charge is 0.324 e. The Labute approximate surface area is 130 Å². The molecule has 0 fully saturated rings. The molecule has 0 heterocycles. The van der Waals surface area contributed by atoms with E-state index in [-0.39, 0.29) is 11.3 Å². The van der Waals surface area contributed by atoms with E-state index >= 15 is 0 Å². The lowest BCUT2D eigenvalue weighted by molar-refractivity contribution is -0.140. The number of aryl methyl sites for hydroxylation is 1. The average Bonchev–Trinajstić information content (AvgIpc) is 2.53. The Morgan fingerprint density at radius 1 is 1.05 bits per heavy atom. The molecule has 0 aliphatic carbocycles. The molecular formula is C17H18O4S. The summed E-state index contributed by atoms with van der Waals surface area (Å²) in [6, 6.07) is 15.5. The maximum atomic E-state index is 12.7. The zero-order chi connectivity index (χ0) is 16.2. The van der Waals surface area contributed by atoms with Crippen LogP contribution in [0.4, 0.5) is 0 Å². The van der Waals surface area contributed by atoms with Crippen molar-refractivity contribution in [1.82, 2.24) is 0 Å². The maximum absolute atomic E-state index is 12.7. The van der Waals surface area contributed by atoms with Crippen LogP contribution in [-0.2, 0) is 25.8 Å². The lowest BCUT2D eigenvalue weighted by Crippen LogP contribution is -2.33. The first kappa shape index (κ1) is 16.2. The Kier molecular flexibility index (Phi) is 4.98. The second-order valence-electron chi connectivity index (χ2n) is 5.06.